The Morgan fingerprint density at radius 1 is 1.33 bits per heavy atom. The van der Waals surface area contributed by atoms with Crippen molar-refractivity contribution in [2.24, 2.45) is 5.92 Å². The van der Waals surface area contributed by atoms with Crippen molar-refractivity contribution in [3.8, 4) is 0 Å². The van der Waals surface area contributed by atoms with Crippen LogP contribution in [0, 0.1) is 5.92 Å². The molecule has 1 heterocycles. The van der Waals surface area contributed by atoms with Crippen molar-refractivity contribution >= 4 is 16.8 Å². The summed E-state index contributed by atoms with van der Waals surface area (Å²) in [6, 6.07) is 7.20. The van der Waals surface area contributed by atoms with Gasteiger partial charge in [-0.05, 0) is 25.0 Å². The average Bonchev–Trinajstić information content (AvgIpc) is 2.44. The van der Waals surface area contributed by atoms with Crippen LogP contribution in [0.25, 0.3) is 10.9 Å². The first-order valence-corrected chi connectivity index (χ1v) is 7.27. The summed E-state index contributed by atoms with van der Waals surface area (Å²) in [5.41, 5.74) is 0.492. The van der Waals surface area contributed by atoms with Crippen molar-refractivity contribution < 1.29 is 4.79 Å². The van der Waals surface area contributed by atoms with Crippen molar-refractivity contribution in [1.29, 1.82) is 0 Å². The lowest BCUT2D eigenvalue weighted by molar-refractivity contribution is -0.132. The first-order valence-electron chi connectivity index (χ1n) is 7.27. The SMILES string of the molecule is CCN(Cc1nc2ccccc2c(=O)[nH]1)C(=O)CC(C)C. The molecule has 2 rings (SSSR count). The van der Waals surface area contributed by atoms with Gasteiger partial charge in [0.1, 0.15) is 5.82 Å². The van der Waals surface area contributed by atoms with Gasteiger partial charge in [0.15, 0.2) is 0 Å². The number of carbonyl (C=O) groups excluding carboxylic acids is 1. The summed E-state index contributed by atoms with van der Waals surface area (Å²) in [4.78, 5) is 33.1. The van der Waals surface area contributed by atoms with Gasteiger partial charge in [-0.1, -0.05) is 26.0 Å². The zero-order valence-electron chi connectivity index (χ0n) is 12.7. The van der Waals surface area contributed by atoms with Crippen molar-refractivity contribution in [1.82, 2.24) is 14.9 Å². The number of aromatic nitrogens is 2. The number of hydrogen-bond donors (Lipinski definition) is 1. The van der Waals surface area contributed by atoms with E-state index in [2.05, 4.69) is 9.97 Å². The second kappa shape index (κ2) is 6.52. The monoisotopic (exact) mass is 287 g/mol. The summed E-state index contributed by atoms with van der Waals surface area (Å²) in [7, 11) is 0. The molecule has 0 saturated heterocycles. The third-order valence-electron chi connectivity index (χ3n) is 3.32. The van der Waals surface area contributed by atoms with Crippen LogP contribution >= 0.6 is 0 Å². The number of fused-ring (bicyclic) bond motifs is 1. The largest absolute Gasteiger partial charge is 0.335 e. The number of para-hydroxylation sites is 1. The number of benzene rings is 1. The maximum absolute atomic E-state index is 12.1. The van der Waals surface area contributed by atoms with Crippen molar-refractivity contribution in [3.63, 3.8) is 0 Å². The highest BCUT2D eigenvalue weighted by Crippen LogP contribution is 2.09. The lowest BCUT2D eigenvalue weighted by Gasteiger charge is -2.21. The molecule has 0 aliphatic heterocycles. The highest BCUT2D eigenvalue weighted by Gasteiger charge is 2.15. The molecule has 0 atom stereocenters. The Hall–Kier alpha value is -2.17. The van der Waals surface area contributed by atoms with E-state index in [-0.39, 0.29) is 11.5 Å². The molecule has 1 amide bonds. The van der Waals surface area contributed by atoms with E-state index in [0.29, 0.717) is 42.2 Å². The first kappa shape index (κ1) is 15.2. The molecule has 0 unspecified atom stereocenters. The number of nitrogens with one attached hydrogen (secondary N) is 1. The molecular formula is C16H21N3O2. The molecule has 21 heavy (non-hydrogen) atoms. The van der Waals surface area contributed by atoms with Crippen LogP contribution in [0.15, 0.2) is 29.1 Å². The summed E-state index contributed by atoms with van der Waals surface area (Å²) >= 11 is 0. The molecule has 5 nitrogen and oxygen atoms in total. The summed E-state index contributed by atoms with van der Waals surface area (Å²) in [6.07, 6.45) is 0.506. The number of hydrogen-bond acceptors (Lipinski definition) is 3. The smallest absolute Gasteiger partial charge is 0.258 e. The van der Waals surface area contributed by atoms with Gasteiger partial charge in [-0.25, -0.2) is 4.98 Å². The predicted octanol–water partition coefficient (Wildman–Crippen LogP) is 2.32. The van der Waals surface area contributed by atoms with Crippen LogP contribution in [-0.4, -0.2) is 27.3 Å². The van der Waals surface area contributed by atoms with Crippen LogP contribution in [0.4, 0.5) is 0 Å². The summed E-state index contributed by atoms with van der Waals surface area (Å²) < 4.78 is 0. The standard InChI is InChI=1S/C16H21N3O2/c1-4-19(15(20)9-11(2)3)10-14-17-13-8-6-5-7-12(13)16(21)18-14/h5-8,11H,4,9-10H2,1-3H3,(H,17,18,21). The van der Waals surface area contributed by atoms with Crippen molar-refractivity contribution in [2.75, 3.05) is 6.54 Å². The topological polar surface area (TPSA) is 66.1 Å². The third kappa shape index (κ3) is 3.68. The molecule has 112 valence electrons. The molecular weight excluding hydrogens is 266 g/mol. The molecule has 0 saturated carbocycles. The van der Waals surface area contributed by atoms with Gasteiger partial charge in [-0.15, -0.1) is 0 Å². The molecule has 0 aliphatic rings. The molecule has 1 N–H and O–H groups in total. The Labute approximate surface area is 124 Å². The van der Waals surface area contributed by atoms with Crippen molar-refractivity contribution in [2.45, 2.75) is 33.7 Å². The van der Waals surface area contributed by atoms with Gasteiger partial charge >= 0.3 is 0 Å². The highest BCUT2D eigenvalue weighted by atomic mass is 16.2. The fourth-order valence-corrected chi connectivity index (χ4v) is 2.25. The van der Waals surface area contributed by atoms with Gasteiger partial charge in [-0.2, -0.15) is 0 Å². The Bertz CT molecular complexity index is 691. The Morgan fingerprint density at radius 3 is 2.71 bits per heavy atom. The minimum absolute atomic E-state index is 0.0864. The summed E-state index contributed by atoms with van der Waals surface area (Å²) in [6.45, 7) is 6.89. The van der Waals surface area contributed by atoms with Crippen molar-refractivity contribution in [3.05, 3.63) is 40.4 Å². The lowest BCUT2D eigenvalue weighted by Crippen LogP contribution is -2.32. The molecule has 0 bridgehead atoms. The maximum atomic E-state index is 12.1. The minimum Gasteiger partial charge on any atom is -0.335 e. The van der Waals surface area contributed by atoms with Crippen LogP contribution in [0.2, 0.25) is 0 Å². The normalized spacial score (nSPS) is 11.0. The fraction of sp³-hybridized carbons (Fsp3) is 0.438. The Kier molecular flexibility index (Phi) is 4.73. The number of carbonyl (C=O) groups is 1. The fourth-order valence-electron chi connectivity index (χ4n) is 2.25. The molecule has 5 heteroatoms. The number of amides is 1. The molecule has 0 fully saturated rings. The van der Waals surface area contributed by atoms with E-state index < -0.39 is 0 Å². The zero-order valence-corrected chi connectivity index (χ0v) is 12.7. The second-order valence-electron chi connectivity index (χ2n) is 5.54. The molecule has 0 radical (unpaired) electrons. The first-order chi connectivity index (χ1) is 10.0. The van der Waals surface area contributed by atoms with E-state index in [1.54, 1.807) is 17.0 Å². The minimum atomic E-state index is -0.164. The van der Waals surface area contributed by atoms with E-state index in [9.17, 15) is 9.59 Å². The van der Waals surface area contributed by atoms with E-state index in [1.165, 1.54) is 0 Å². The van der Waals surface area contributed by atoms with Gasteiger partial charge in [0.05, 0.1) is 17.4 Å². The number of rotatable bonds is 5. The number of aromatic amines is 1. The highest BCUT2D eigenvalue weighted by molar-refractivity contribution is 5.78. The van der Waals surface area contributed by atoms with Gasteiger partial charge in [0.25, 0.3) is 5.56 Å². The van der Waals surface area contributed by atoms with Gasteiger partial charge in [-0.3, -0.25) is 9.59 Å². The molecule has 0 aliphatic carbocycles. The van der Waals surface area contributed by atoms with Gasteiger partial charge < -0.3 is 9.88 Å². The Balaban J connectivity index is 2.25. The molecule has 0 spiro atoms. The predicted molar refractivity (Wildman–Crippen MR) is 82.9 cm³/mol. The quantitative estimate of drug-likeness (QED) is 0.917. The van der Waals surface area contributed by atoms with Crippen LogP contribution in [-0.2, 0) is 11.3 Å². The summed E-state index contributed by atoms with van der Waals surface area (Å²) in [5, 5.41) is 0.567. The number of H-pyrrole nitrogens is 1. The van der Waals surface area contributed by atoms with Crippen LogP contribution in [0.3, 0.4) is 0 Å². The third-order valence-corrected chi connectivity index (χ3v) is 3.32. The van der Waals surface area contributed by atoms with E-state index in [0.717, 1.165) is 0 Å². The van der Waals surface area contributed by atoms with Crippen LogP contribution in [0.1, 0.15) is 33.0 Å². The van der Waals surface area contributed by atoms with Crippen LogP contribution < -0.4 is 5.56 Å². The van der Waals surface area contributed by atoms with Gasteiger partial charge in [0.2, 0.25) is 5.91 Å². The van der Waals surface area contributed by atoms with E-state index in [1.807, 2.05) is 32.9 Å². The second-order valence-corrected chi connectivity index (χ2v) is 5.54. The maximum Gasteiger partial charge on any atom is 0.258 e. The number of nitrogens with zero attached hydrogens (tertiary/aromatic N) is 2. The van der Waals surface area contributed by atoms with E-state index in [4.69, 9.17) is 0 Å². The lowest BCUT2D eigenvalue weighted by atomic mass is 10.1. The summed E-state index contributed by atoms with van der Waals surface area (Å²) in [5.74, 6) is 0.927. The molecule has 1 aromatic carbocycles. The Morgan fingerprint density at radius 2 is 2.05 bits per heavy atom. The van der Waals surface area contributed by atoms with E-state index >= 15 is 0 Å². The molecule has 1 aromatic heterocycles. The van der Waals surface area contributed by atoms with Crippen LogP contribution in [0.5, 0.6) is 0 Å². The average molecular weight is 287 g/mol. The van der Waals surface area contributed by atoms with Gasteiger partial charge in [0, 0.05) is 13.0 Å². The zero-order chi connectivity index (χ0) is 15.4. The molecule has 2 aromatic rings.